The standard InChI is InChI=1S/C7H7BrClNO4S/c1-2-14-7(11)4-3-5(6(8)10-4)15(9,12)13/h3,10H,2H2,1H3. The second-order valence-electron chi connectivity index (χ2n) is 2.52. The first-order valence-corrected chi connectivity index (χ1v) is 6.96. The van der Waals surface area contributed by atoms with E-state index in [0.29, 0.717) is 0 Å². The van der Waals surface area contributed by atoms with Gasteiger partial charge in [-0.3, -0.25) is 0 Å². The van der Waals surface area contributed by atoms with Crippen LogP contribution < -0.4 is 0 Å². The van der Waals surface area contributed by atoms with Crippen LogP contribution in [0.4, 0.5) is 0 Å². The van der Waals surface area contributed by atoms with Gasteiger partial charge in [0.05, 0.1) is 6.61 Å². The highest BCUT2D eigenvalue weighted by molar-refractivity contribution is 9.10. The summed E-state index contributed by atoms with van der Waals surface area (Å²) in [6.45, 7) is 1.85. The Labute approximate surface area is 99.3 Å². The third-order valence-electron chi connectivity index (χ3n) is 1.49. The molecule has 1 heterocycles. The summed E-state index contributed by atoms with van der Waals surface area (Å²) in [5, 5.41) is 0. The molecule has 0 amide bonds. The molecule has 1 aromatic heterocycles. The number of halogens is 2. The molecule has 0 bridgehead atoms. The second kappa shape index (κ2) is 4.54. The minimum Gasteiger partial charge on any atom is -0.461 e. The number of ether oxygens (including phenoxy) is 1. The maximum Gasteiger partial charge on any atom is 0.354 e. The Morgan fingerprint density at radius 3 is 2.67 bits per heavy atom. The SMILES string of the molecule is CCOC(=O)c1cc(S(=O)(=O)Cl)c(Br)[nH]1. The number of hydrogen-bond donors (Lipinski definition) is 1. The molecule has 0 aromatic carbocycles. The minimum absolute atomic E-state index is 0.0305. The molecule has 0 atom stereocenters. The first kappa shape index (κ1) is 12.5. The summed E-state index contributed by atoms with van der Waals surface area (Å²) < 4.78 is 26.8. The molecule has 5 nitrogen and oxygen atoms in total. The predicted octanol–water partition coefficient (Wildman–Crippen LogP) is 1.88. The topological polar surface area (TPSA) is 76.2 Å². The number of carbonyl (C=O) groups is 1. The molecule has 0 saturated heterocycles. The number of aromatic amines is 1. The normalized spacial score (nSPS) is 11.4. The van der Waals surface area contributed by atoms with E-state index in [1.807, 2.05) is 0 Å². The van der Waals surface area contributed by atoms with Gasteiger partial charge in [0, 0.05) is 10.7 Å². The van der Waals surface area contributed by atoms with Crippen molar-refractivity contribution in [2.75, 3.05) is 6.61 Å². The molecule has 0 aliphatic carbocycles. The van der Waals surface area contributed by atoms with Crippen LogP contribution in [0.5, 0.6) is 0 Å². The van der Waals surface area contributed by atoms with Gasteiger partial charge in [0.25, 0.3) is 9.05 Å². The molecule has 8 heteroatoms. The van der Waals surface area contributed by atoms with Crippen molar-refractivity contribution < 1.29 is 17.9 Å². The lowest BCUT2D eigenvalue weighted by Gasteiger charge is -1.96. The highest BCUT2D eigenvalue weighted by atomic mass is 79.9. The van der Waals surface area contributed by atoms with Gasteiger partial charge in [0.2, 0.25) is 0 Å². The molecule has 0 radical (unpaired) electrons. The van der Waals surface area contributed by atoms with Gasteiger partial charge in [-0.2, -0.15) is 0 Å². The fraction of sp³-hybridized carbons (Fsp3) is 0.286. The molecule has 15 heavy (non-hydrogen) atoms. The molecular formula is C7H7BrClNO4S. The molecule has 0 aliphatic heterocycles. The summed E-state index contributed by atoms with van der Waals surface area (Å²) >= 11 is 2.95. The lowest BCUT2D eigenvalue weighted by molar-refractivity contribution is 0.0520. The number of H-pyrrole nitrogens is 1. The smallest absolute Gasteiger partial charge is 0.354 e. The van der Waals surface area contributed by atoms with E-state index in [-0.39, 0.29) is 21.8 Å². The first-order valence-electron chi connectivity index (χ1n) is 3.86. The average molecular weight is 317 g/mol. The van der Waals surface area contributed by atoms with Crippen LogP contribution in [0, 0.1) is 0 Å². The molecule has 0 saturated carbocycles. The van der Waals surface area contributed by atoms with Gasteiger partial charge in [-0.25, -0.2) is 13.2 Å². The number of nitrogens with one attached hydrogen (secondary N) is 1. The van der Waals surface area contributed by atoms with Crippen LogP contribution in [-0.2, 0) is 13.8 Å². The molecular weight excluding hydrogens is 310 g/mol. The molecule has 0 fully saturated rings. The zero-order chi connectivity index (χ0) is 11.6. The fourth-order valence-electron chi connectivity index (χ4n) is 0.907. The third kappa shape index (κ3) is 2.96. The van der Waals surface area contributed by atoms with E-state index in [9.17, 15) is 13.2 Å². The Hall–Kier alpha value is -0.530. The number of hydrogen-bond acceptors (Lipinski definition) is 4. The summed E-state index contributed by atoms with van der Waals surface area (Å²) in [4.78, 5) is 13.6. The van der Waals surface area contributed by atoms with Gasteiger partial charge in [-0.05, 0) is 28.9 Å². The quantitative estimate of drug-likeness (QED) is 0.682. The fourth-order valence-corrected chi connectivity index (χ4v) is 3.04. The zero-order valence-corrected chi connectivity index (χ0v) is 10.7. The van der Waals surface area contributed by atoms with Crippen LogP contribution >= 0.6 is 26.6 Å². The molecule has 0 aliphatic rings. The maximum absolute atomic E-state index is 11.2. The van der Waals surface area contributed by atoms with Crippen LogP contribution in [-0.4, -0.2) is 26.0 Å². The average Bonchev–Trinajstić information content (AvgIpc) is 2.47. The van der Waals surface area contributed by atoms with Crippen molar-refractivity contribution >= 4 is 41.6 Å². The van der Waals surface area contributed by atoms with E-state index in [2.05, 4.69) is 25.7 Å². The number of esters is 1. The van der Waals surface area contributed by atoms with Crippen LogP contribution in [0.15, 0.2) is 15.6 Å². The Morgan fingerprint density at radius 1 is 1.67 bits per heavy atom. The van der Waals surface area contributed by atoms with Crippen molar-refractivity contribution in [3.8, 4) is 0 Å². The monoisotopic (exact) mass is 315 g/mol. The lowest BCUT2D eigenvalue weighted by Crippen LogP contribution is -2.04. The second-order valence-corrected chi connectivity index (χ2v) is 5.85. The van der Waals surface area contributed by atoms with Gasteiger partial charge < -0.3 is 9.72 Å². The highest BCUT2D eigenvalue weighted by Gasteiger charge is 2.21. The van der Waals surface area contributed by atoms with Crippen molar-refractivity contribution in [3.05, 3.63) is 16.4 Å². The Morgan fingerprint density at radius 2 is 2.27 bits per heavy atom. The van der Waals surface area contributed by atoms with Gasteiger partial charge >= 0.3 is 5.97 Å². The predicted molar refractivity (Wildman–Crippen MR) is 57.5 cm³/mol. The van der Waals surface area contributed by atoms with E-state index < -0.39 is 15.0 Å². The van der Waals surface area contributed by atoms with Gasteiger partial charge in [-0.15, -0.1) is 0 Å². The first-order chi connectivity index (χ1) is 6.86. The van der Waals surface area contributed by atoms with Crippen molar-refractivity contribution in [2.45, 2.75) is 11.8 Å². The van der Waals surface area contributed by atoms with Crippen molar-refractivity contribution in [3.63, 3.8) is 0 Å². The van der Waals surface area contributed by atoms with Crippen molar-refractivity contribution in [2.24, 2.45) is 0 Å². The van der Waals surface area contributed by atoms with Crippen molar-refractivity contribution in [1.29, 1.82) is 0 Å². The van der Waals surface area contributed by atoms with Crippen LogP contribution in [0.1, 0.15) is 17.4 Å². The Kier molecular flexibility index (Phi) is 3.80. The summed E-state index contributed by atoms with van der Waals surface area (Å²) in [5.41, 5.74) is 0.0305. The van der Waals surface area contributed by atoms with E-state index in [1.165, 1.54) is 0 Å². The third-order valence-corrected chi connectivity index (χ3v) is 3.73. The van der Waals surface area contributed by atoms with Crippen LogP contribution in [0.2, 0.25) is 0 Å². The van der Waals surface area contributed by atoms with E-state index in [4.69, 9.17) is 10.7 Å². The number of aromatic nitrogens is 1. The Bertz CT molecular complexity index is 481. The molecule has 0 unspecified atom stereocenters. The zero-order valence-electron chi connectivity index (χ0n) is 7.58. The molecule has 1 N–H and O–H groups in total. The molecule has 1 rings (SSSR count). The van der Waals surface area contributed by atoms with E-state index in [0.717, 1.165) is 6.07 Å². The largest absolute Gasteiger partial charge is 0.461 e. The number of rotatable bonds is 3. The summed E-state index contributed by atoms with van der Waals surface area (Å²) in [6.07, 6.45) is 0. The molecule has 1 aromatic rings. The minimum atomic E-state index is -3.87. The summed E-state index contributed by atoms with van der Waals surface area (Å²) in [5.74, 6) is -0.634. The van der Waals surface area contributed by atoms with Gasteiger partial charge in [-0.1, -0.05) is 0 Å². The maximum atomic E-state index is 11.2. The van der Waals surface area contributed by atoms with Gasteiger partial charge in [0.15, 0.2) is 0 Å². The van der Waals surface area contributed by atoms with Crippen molar-refractivity contribution in [1.82, 2.24) is 4.98 Å². The number of carbonyl (C=O) groups excluding carboxylic acids is 1. The van der Waals surface area contributed by atoms with E-state index in [1.54, 1.807) is 6.92 Å². The van der Waals surface area contributed by atoms with E-state index >= 15 is 0 Å². The van der Waals surface area contributed by atoms with Crippen LogP contribution in [0.25, 0.3) is 0 Å². The summed E-state index contributed by atoms with van der Waals surface area (Å²) in [7, 11) is 1.25. The highest BCUT2D eigenvalue weighted by Crippen LogP contribution is 2.25. The van der Waals surface area contributed by atoms with Crippen LogP contribution in [0.3, 0.4) is 0 Å². The van der Waals surface area contributed by atoms with Gasteiger partial charge in [0.1, 0.15) is 15.2 Å². The Balaban J connectivity index is 3.12. The molecule has 84 valence electrons. The molecule has 0 spiro atoms. The lowest BCUT2D eigenvalue weighted by atomic mass is 10.4. The summed E-state index contributed by atoms with van der Waals surface area (Å²) in [6, 6.07) is 1.12.